The first-order valence-corrected chi connectivity index (χ1v) is 4.38. The lowest BCUT2D eigenvalue weighted by molar-refractivity contribution is 0.109. The number of hydrogen-bond acceptors (Lipinski definition) is 1. The van der Waals surface area contributed by atoms with Gasteiger partial charge in [0.1, 0.15) is 0 Å². The molecule has 0 aliphatic heterocycles. The molecule has 0 saturated carbocycles. The number of hydrogen-bond donors (Lipinski definition) is 0. The van der Waals surface area contributed by atoms with Gasteiger partial charge in [-0.1, -0.05) is 30.3 Å². The third-order valence-corrected chi connectivity index (χ3v) is 2.22. The van der Waals surface area contributed by atoms with E-state index < -0.39 is 0 Å². The Morgan fingerprint density at radius 1 is 1.00 bits per heavy atom. The lowest BCUT2D eigenvalue weighted by Crippen LogP contribution is -1.87. The predicted octanol–water partition coefficient (Wildman–Crippen LogP) is 3.18. The average molecular weight is 187 g/mol. The molecule has 0 aromatic heterocycles. The molecule has 2 aromatic carbocycles. The highest BCUT2D eigenvalue weighted by molar-refractivity contribution is 7.97. The van der Waals surface area contributed by atoms with Crippen molar-refractivity contribution < 1.29 is 4.79 Å². The molecule has 0 atom stereocenters. The van der Waals surface area contributed by atoms with Crippen molar-refractivity contribution in [2.45, 2.75) is 0 Å². The van der Waals surface area contributed by atoms with Crippen LogP contribution in [0.2, 0.25) is 0 Å². The van der Waals surface area contributed by atoms with Gasteiger partial charge in [-0.25, -0.2) is 0 Å². The molecule has 0 bridgehead atoms. The van der Waals surface area contributed by atoms with Gasteiger partial charge in [0.05, 0.1) is 0 Å². The van der Waals surface area contributed by atoms with Crippen LogP contribution >= 0.6 is 12.6 Å². The smallest absolute Gasteiger partial charge is 0.249 e. The molecule has 0 aliphatic carbocycles. The third kappa shape index (κ3) is 1.53. The van der Waals surface area contributed by atoms with Crippen LogP contribution in [0.25, 0.3) is 10.8 Å². The first-order valence-electron chi connectivity index (χ1n) is 3.97. The van der Waals surface area contributed by atoms with E-state index in [1.54, 1.807) is 6.07 Å². The van der Waals surface area contributed by atoms with Gasteiger partial charge in [-0.15, -0.1) is 0 Å². The van der Waals surface area contributed by atoms with Crippen LogP contribution in [0.5, 0.6) is 0 Å². The van der Waals surface area contributed by atoms with E-state index in [0.717, 1.165) is 10.8 Å². The minimum atomic E-state index is -0.300. The quantitative estimate of drug-likeness (QED) is 0.670. The van der Waals surface area contributed by atoms with Crippen molar-refractivity contribution >= 4 is 28.5 Å². The summed E-state index contributed by atoms with van der Waals surface area (Å²) in [5, 5.41) is 1.88. The Hall–Kier alpha value is -1.41. The zero-order valence-electron chi connectivity index (χ0n) is 6.86. The van der Waals surface area contributed by atoms with E-state index in [2.05, 4.69) is 12.6 Å². The van der Waals surface area contributed by atoms with Gasteiger partial charge in [0, 0.05) is 5.56 Å². The summed E-state index contributed by atoms with van der Waals surface area (Å²) in [7, 11) is 0. The van der Waals surface area contributed by atoms with Gasteiger partial charge in [-0.3, -0.25) is 4.79 Å². The molecule has 2 rings (SSSR count). The van der Waals surface area contributed by atoms with E-state index in [1.165, 1.54) is 0 Å². The van der Waals surface area contributed by atoms with Crippen molar-refractivity contribution in [1.82, 2.24) is 0 Å². The van der Waals surface area contributed by atoms with E-state index in [9.17, 15) is 4.79 Å². The Bertz CT molecular complexity index is 462. The maximum Gasteiger partial charge on any atom is 0.249 e. The Labute approximate surface area is 81.8 Å². The fraction of sp³-hybridized carbons (Fsp3) is 0. The molecule has 0 spiro atoms. The molecule has 0 N–H and O–H groups in total. The van der Waals surface area contributed by atoms with E-state index in [-0.39, 0.29) is 5.12 Å². The number of fused-ring (bicyclic) bond motifs is 1. The second-order valence-corrected chi connectivity index (χ2v) is 3.22. The molecule has 0 aliphatic rings. The molecule has 0 amide bonds. The summed E-state index contributed by atoms with van der Waals surface area (Å²) >= 11 is 4.57. The maximum atomic E-state index is 10.9. The van der Waals surface area contributed by atoms with Gasteiger partial charge in [0.25, 0.3) is 0 Å². The summed E-state index contributed by atoms with van der Waals surface area (Å²) in [6, 6.07) is 13.4. The molecule has 63 valence electrons. The molecule has 0 fully saturated rings. The van der Waals surface area contributed by atoms with Crippen LogP contribution in [0.15, 0.2) is 42.5 Å². The lowest BCUT2D eigenvalue weighted by Gasteiger charge is -1.98. The molecule has 0 heterocycles. The van der Waals surface area contributed by atoms with Crippen molar-refractivity contribution in [3.8, 4) is 0 Å². The van der Waals surface area contributed by atoms with Gasteiger partial charge in [0.15, 0.2) is 0 Å². The van der Waals surface area contributed by atoms with Gasteiger partial charge in [-0.2, -0.15) is 0 Å². The van der Waals surface area contributed by atoms with Crippen LogP contribution in [0.4, 0.5) is 0 Å². The predicted molar refractivity (Wildman–Crippen MR) is 55.9 cm³/mol. The van der Waals surface area contributed by atoms with Gasteiger partial charge in [-0.05, 0) is 35.5 Å². The molecule has 1 radical (unpaired) electrons. The molecule has 0 saturated heterocycles. The van der Waals surface area contributed by atoms with Crippen LogP contribution < -0.4 is 0 Å². The Morgan fingerprint density at radius 2 is 1.69 bits per heavy atom. The van der Waals surface area contributed by atoms with Crippen molar-refractivity contribution in [3.63, 3.8) is 0 Å². The first-order chi connectivity index (χ1) is 6.27. The SMILES string of the molecule is O=C([S])c1ccc2ccccc2c1. The summed E-state index contributed by atoms with van der Waals surface area (Å²) < 4.78 is 0. The van der Waals surface area contributed by atoms with E-state index in [1.807, 2.05) is 36.4 Å². The zero-order chi connectivity index (χ0) is 9.26. The van der Waals surface area contributed by atoms with Crippen LogP contribution in [-0.2, 0) is 0 Å². The molecule has 13 heavy (non-hydrogen) atoms. The average Bonchev–Trinajstić information content (AvgIpc) is 2.17. The summed E-state index contributed by atoms with van der Waals surface area (Å²) in [6.45, 7) is 0. The number of rotatable bonds is 1. The topological polar surface area (TPSA) is 17.1 Å². The van der Waals surface area contributed by atoms with E-state index >= 15 is 0 Å². The number of carbonyl (C=O) groups excluding carboxylic acids is 1. The maximum absolute atomic E-state index is 10.9. The Morgan fingerprint density at radius 3 is 2.38 bits per heavy atom. The van der Waals surface area contributed by atoms with Gasteiger partial charge < -0.3 is 0 Å². The fourth-order valence-electron chi connectivity index (χ4n) is 1.32. The molecule has 2 heteroatoms. The Balaban J connectivity index is 2.69. The van der Waals surface area contributed by atoms with E-state index in [0.29, 0.717) is 5.56 Å². The number of carbonyl (C=O) groups is 1. The number of benzene rings is 2. The normalized spacial score (nSPS) is 10.2. The summed E-state index contributed by atoms with van der Waals surface area (Å²) in [5.41, 5.74) is 0.591. The summed E-state index contributed by atoms with van der Waals surface area (Å²) in [5.74, 6) is 0. The lowest BCUT2D eigenvalue weighted by atomic mass is 10.1. The van der Waals surface area contributed by atoms with Crippen molar-refractivity contribution in [1.29, 1.82) is 0 Å². The summed E-state index contributed by atoms with van der Waals surface area (Å²) in [6.07, 6.45) is 0. The minimum Gasteiger partial charge on any atom is -0.276 e. The van der Waals surface area contributed by atoms with Crippen LogP contribution in [0.1, 0.15) is 10.4 Å². The molecule has 1 nitrogen and oxygen atoms in total. The van der Waals surface area contributed by atoms with Crippen LogP contribution in [0, 0.1) is 0 Å². The van der Waals surface area contributed by atoms with Crippen molar-refractivity contribution in [3.05, 3.63) is 48.0 Å². The largest absolute Gasteiger partial charge is 0.276 e. The zero-order valence-corrected chi connectivity index (χ0v) is 7.67. The molecular weight excluding hydrogens is 180 g/mol. The van der Waals surface area contributed by atoms with E-state index in [4.69, 9.17) is 0 Å². The second kappa shape index (κ2) is 3.15. The van der Waals surface area contributed by atoms with Gasteiger partial charge >= 0.3 is 0 Å². The summed E-state index contributed by atoms with van der Waals surface area (Å²) in [4.78, 5) is 10.9. The minimum absolute atomic E-state index is 0.300. The van der Waals surface area contributed by atoms with Gasteiger partial charge in [0.2, 0.25) is 5.12 Å². The van der Waals surface area contributed by atoms with Crippen molar-refractivity contribution in [2.75, 3.05) is 0 Å². The highest BCUT2D eigenvalue weighted by Gasteiger charge is 2.01. The van der Waals surface area contributed by atoms with Crippen LogP contribution in [0.3, 0.4) is 0 Å². The monoisotopic (exact) mass is 187 g/mol. The Kier molecular flexibility index (Phi) is 1.99. The molecular formula is C11H7OS. The third-order valence-electron chi connectivity index (χ3n) is 1.99. The van der Waals surface area contributed by atoms with Crippen molar-refractivity contribution in [2.24, 2.45) is 0 Å². The van der Waals surface area contributed by atoms with Crippen LogP contribution in [-0.4, -0.2) is 5.12 Å². The standard InChI is InChI=1S/C11H7OS/c12-11(13)10-6-5-8-3-1-2-4-9(8)7-10/h1-7H. The molecule has 2 aromatic rings. The highest BCUT2D eigenvalue weighted by atomic mass is 32.1. The fourth-order valence-corrected chi connectivity index (χ4v) is 1.44. The first kappa shape index (κ1) is 8.20. The molecule has 0 unspecified atom stereocenters. The second-order valence-electron chi connectivity index (χ2n) is 2.85. The highest BCUT2D eigenvalue weighted by Crippen LogP contribution is 2.16.